The predicted molar refractivity (Wildman–Crippen MR) is 113 cm³/mol. The van der Waals surface area contributed by atoms with Crippen LogP contribution in [0.3, 0.4) is 0 Å². The first kappa shape index (κ1) is 19.4. The summed E-state index contributed by atoms with van der Waals surface area (Å²) in [4.78, 5) is 12.5. The van der Waals surface area contributed by atoms with Crippen LogP contribution in [0.2, 0.25) is 0 Å². The first-order valence-corrected chi connectivity index (χ1v) is 9.46. The van der Waals surface area contributed by atoms with Crippen LogP contribution in [-0.2, 0) is 6.54 Å². The molecule has 1 heterocycles. The summed E-state index contributed by atoms with van der Waals surface area (Å²) >= 11 is 0. The SMILES string of the molecule is COc1cccc(-c2nn(-c3ccccc3)cc2CNC(=O)c2ccc(F)cc2)c1. The lowest BCUT2D eigenvalue weighted by Crippen LogP contribution is -2.22. The minimum Gasteiger partial charge on any atom is -0.497 e. The van der Waals surface area contributed by atoms with Gasteiger partial charge in [0.25, 0.3) is 5.91 Å². The zero-order valence-corrected chi connectivity index (χ0v) is 16.4. The highest BCUT2D eigenvalue weighted by molar-refractivity contribution is 5.94. The van der Waals surface area contributed by atoms with Gasteiger partial charge in [-0.25, -0.2) is 9.07 Å². The molecule has 1 aromatic heterocycles. The molecular weight excluding hydrogens is 381 g/mol. The number of carbonyl (C=O) groups is 1. The first-order chi connectivity index (χ1) is 14.6. The zero-order valence-electron chi connectivity index (χ0n) is 16.4. The fourth-order valence-electron chi connectivity index (χ4n) is 3.14. The van der Waals surface area contributed by atoms with E-state index in [9.17, 15) is 9.18 Å². The maximum absolute atomic E-state index is 13.1. The molecule has 3 aromatic carbocycles. The lowest BCUT2D eigenvalue weighted by Gasteiger charge is -2.07. The number of para-hydroxylation sites is 1. The Balaban J connectivity index is 1.65. The molecule has 0 saturated carbocycles. The van der Waals surface area contributed by atoms with E-state index in [4.69, 9.17) is 9.84 Å². The molecule has 0 unspecified atom stereocenters. The highest BCUT2D eigenvalue weighted by Crippen LogP contribution is 2.27. The highest BCUT2D eigenvalue weighted by atomic mass is 19.1. The number of amides is 1. The minimum atomic E-state index is -0.379. The van der Waals surface area contributed by atoms with Crippen LogP contribution in [-0.4, -0.2) is 22.8 Å². The Morgan fingerprint density at radius 2 is 1.80 bits per heavy atom. The monoisotopic (exact) mass is 401 g/mol. The van der Waals surface area contributed by atoms with Crippen LogP contribution < -0.4 is 10.1 Å². The lowest BCUT2D eigenvalue weighted by atomic mass is 10.1. The second-order valence-electron chi connectivity index (χ2n) is 6.70. The molecule has 0 atom stereocenters. The maximum atomic E-state index is 13.1. The Morgan fingerprint density at radius 3 is 2.53 bits per heavy atom. The van der Waals surface area contributed by atoms with Gasteiger partial charge >= 0.3 is 0 Å². The van der Waals surface area contributed by atoms with Gasteiger partial charge in [0.15, 0.2) is 0 Å². The van der Waals surface area contributed by atoms with Crippen molar-refractivity contribution in [1.82, 2.24) is 15.1 Å². The summed E-state index contributed by atoms with van der Waals surface area (Å²) in [5, 5.41) is 7.64. The Bertz CT molecular complexity index is 1150. The van der Waals surface area contributed by atoms with E-state index in [0.717, 1.165) is 28.3 Å². The van der Waals surface area contributed by atoms with Crippen LogP contribution in [0.15, 0.2) is 85.1 Å². The van der Waals surface area contributed by atoms with Gasteiger partial charge < -0.3 is 10.1 Å². The first-order valence-electron chi connectivity index (χ1n) is 9.46. The van der Waals surface area contributed by atoms with Crippen molar-refractivity contribution in [3.63, 3.8) is 0 Å². The average molecular weight is 401 g/mol. The number of aromatic nitrogens is 2. The van der Waals surface area contributed by atoms with Crippen molar-refractivity contribution in [2.24, 2.45) is 0 Å². The molecule has 150 valence electrons. The fourth-order valence-corrected chi connectivity index (χ4v) is 3.14. The number of methoxy groups -OCH3 is 1. The van der Waals surface area contributed by atoms with Crippen molar-refractivity contribution < 1.29 is 13.9 Å². The smallest absolute Gasteiger partial charge is 0.251 e. The van der Waals surface area contributed by atoms with Gasteiger partial charge in [0.1, 0.15) is 11.6 Å². The largest absolute Gasteiger partial charge is 0.497 e. The number of benzene rings is 3. The third kappa shape index (κ3) is 4.22. The van der Waals surface area contributed by atoms with Crippen LogP contribution in [0.1, 0.15) is 15.9 Å². The normalized spacial score (nSPS) is 10.6. The predicted octanol–water partition coefficient (Wildman–Crippen LogP) is 4.62. The lowest BCUT2D eigenvalue weighted by molar-refractivity contribution is 0.0951. The molecular formula is C24H20FN3O2. The average Bonchev–Trinajstić information content (AvgIpc) is 3.23. The van der Waals surface area contributed by atoms with Gasteiger partial charge in [0.2, 0.25) is 0 Å². The Kier molecular flexibility index (Phi) is 5.57. The van der Waals surface area contributed by atoms with Crippen molar-refractivity contribution in [3.05, 3.63) is 102 Å². The Labute approximate surface area is 173 Å². The second kappa shape index (κ2) is 8.61. The standard InChI is InChI=1S/C24H20FN3O2/c1-30-22-9-5-6-18(14-22)23-19(16-28(27-23)21-7-3-2-4-8-21)15-26-24(29)17-10-12-20(25)13-11-17/h2-14,16H,15H2,1H3,(H,26,29). The van der Waals surface area contributed by atoms with Crippen LogP contribution in [0.4, 0.5) is 4.39 Å². The number of nitrogens with zero attached hydrogens (tertiary/aromatic N) is 2. The number of carbonyl (C=O) groups excluding carboxylic acids is 1. The van der Waals surface area contributed by atoms with Crippen molar-refractivity contribution in [2.75, 3.05) is 7.11 Å². The van der Waals surface area contributed by atoms with E-state index in [0.29, 0.717) is 5.56 Å². The quantitative estimate of drug-likeness (QED) is 0.513. The summed E-state index contributed by atoms with van der Waals surface area (Å²) in [5.74, 6) is 0.0677. The van der Waals surface area contributed by atoms with Crippen molar-refractivity contribution in [3.8, 4) is 22.7 Å². The molecule has 6 heteroatoms. The molecule has 1 amide bonds. The molecule has 4 rings (SSSR count). The summed E-state index contributed by atoms with van der Waals surface area (Å²) < 4.78 is 20.2. The summed E-state index contributed by atoms with van der Waals surface area (Å²) in [7, 11) is 1.62. The summed E-state index contributed by atoms with van der Waals surface area (Å²) in [6, 6.07) is 22.8. The van der Waals surface area contributed by atoms with Gasteiger partial charge in [-0.2, -0.15) is 5.10 Å². The van der Waals surface area contributed by atoms with E-state index in [1.807, 2.05) is 60.8 Å². The van der Waals surface area contributed by atoms with E-state index in [1.54, 1.807) is 11.8 Å². The molecule has 0 aliphatic carbocycles. The molecule has 0 fully saturated rings. The third-order valence-corrected chi connectivity index (χ3v) is 4.70. The van der Waals surface area contributed by atoms with Gasteiger partial charge in [0, 0.05) is 29.4 Å². The van der Waals surface area contributed by atoms with Crippen LogP contribution in [0.5, 0.6) is 5.75 Å². The number of halogens is 1. The van der Waals surface area contributed by atoms with Crippen LogP contribution in [0, 0.1) is 5.82 Å². The molecule has 30 heavy (non-hydrogen) atoms. The molecule has 4 aromatic rings. The summed E-state index contributed by atoms with van der Waals surface area (Å²) in [5.41, 5.74) is 3.79. The second-order valence-corrected chi connectivity index (χ2v) is 6.70. The Hall–Kier alpha value is -3.93. The number of rotatable bonds is 6. The van der Waals surface area contributed by atoms with Gasteiger partial charge in [-0.3, -0.25) is 4.79 Å². The van der Waals surface area contributed by atoms with Gasteiger partial charge in [-0.15, -0.1) is 0 Å². The van der Waals surface area contributed by atoms with Crippen LogP contribution >= 0.6 is 0 Å². The number of hydrogen-bond acceptors (Lipinski definition) is 3. The van der Waals surface area contributed by atoms with E-state index in [1.165, 1.54) is 24.3 Å². The van der Waals surface area contributed by atoms with E-state index < -0.39 is 0 Å². The van der Waals surface area contributed by atoms with Gasteiger partial charge in [-0.05, 0) is 48.5 Å². The molecule has 5 nitrogen and oxygen atoms in total. The molecule has 0 radical (unpaired) electrons. The molecule has 1 N–H and O–H groups in total. The van der Waals surface area contributed by atoms with E-state index in [-0.39, 0.29) is 18.3 Å². The van der Waals surface area contributed by atoms with Gasteiger partial charge in [-0.1, -0.05) is 30.3 Å². The zero-order chi connectivity index (χ0) is 20.9. The summed E-state index contributed by atoms with van der Waals surface area (Å²) in [6.45, 7) is 0.273. The molecule has 0 saturated heterocycles. The van der Waals surface area contributed by atoms with Crippen molar-refractivity contribution in [2.45, 2.75) is 6.54 Å². The van der Waals surface area contributed by atoms with E-state index in [2.05, 4.69) is 5.32 Å². The molecule has 0 aliphatic rings. The molecule has 0 bridgehead atoms. The van der Waals surface area contributed by atoms with Crippen molar-refractivity contribution in [1.29, 1.82) is 0 Å². The molecule has 0 aliphatic heterocycles. The Morgan fingerprint density at radius 1 is 1.03 bits per heavy atom. The highest BCUT2D eigenvalue weighted by Gasteiger charge is 2.15. The number of ether oxygens (including phenoxy) is 1. The fraction of sp³-hybridized carbons (Fsp3) is 0.0833. The molecule has 0 spiro atoms. The minimum absolute atomic E-state index is 0.273. The number of nitrogens with one attached hydrogen (secondary N) is 1. The van der Waals surface area contributed by atoms with E-state index >= 15 is 0 Å². The third-order valence-electron chi connectivity index (χ3n) is 4.70. The summed E-state index contributed by atoms with van der Waals surface area (Å²) in [6.07, 6.45) is 1.90. The maximum Gasteiger partial charge on any atom is 0.251 e. The number of hydrogen-bond donors (Lipinski definition) is 1. The van der Waals surface area contributed by atoms with Gasteiger partial charge in [0.05, 0.1) is 18.5 Å². The topological polar surface area (TPSA) is 56.1 Å². The van der Waals surface area contributed by atoms with Crippen molar-refractivity contribution >= 4 is 5.91 Å². The van der Waals surface area contributed by atoms with Crippen LogP contribution in [0.25, 0.3) is 16.9 Å².